The lowest BCUT2D eigenvalue weighted by molar-refractivity contribution is -0.125. The lowest BCUT2D eigenvalue weighted by atomic mass is 9.95. The predicted octanol–water partition coefficient (Wildman–Crippen LogP) is 4.47. The van der Waals surface area contributed by atoms with Gasteiger partial charge in [-0.1, -0.05) is 31.4 Å². The molecule has 2 aromatic carbocycles. The maximum Gasteiger partial charge on any atom is 0.262 e. The van der Waals surface area contributed by atoms with Crippen molar-refractivity contribution in [1.82, 2.24) is 10.2 Å². The van der Waals surface area contributed by atoms with Crippen LogP contribution in [0.1, 0.15) is 72.0 Å². The van der Waals surface area contributed by atoms with E-state index in [0.717, 1.165) is 43.2 Å². The Morgan fingerprint density at radius 3 is 2.34 bits per heavy atom. The van der Waals surface area contributed by atoms with Gasteiger partial charge in [0.1, 0.15) is 6.04 Å². The van der Waals surface area contributed by atoms with E-state index in [2.05, 4.69) is 10.0 Å². The van der Waals surface area contributed by atoms with Gasteiger partial charge in [-0.2, -0.15) is 0 Å². The van der Waals surface area contributed by atoms with Crippen molar-refractivity contribution in [3.05, 3.63) is 58.7 Å². The van der Waals surface area contributed by atoms with Gasteiger partial charge in [0.25, 0.3) is 15.9 Å². The van der Waals surface area contributed by atoms with Gasteiger partial charge >= 0.3 is 0 Å². The fourth-order valence-corrected chi connectivity index (χ4v) is 6.50. The van der Waals surface area contributed by atoms with Crippen molar-refractivity contribution in [3.8, 4) is 0 Å². The minimum Gasteiger partial charge on any atom is -0.352 e. The van der Waals surface area contributed by atoms with Crippen molar-refractivity contribution in [2.75, 3.05) is 11.3 Å². The molecule has 4 rings (SSSR count). The molecule has 1 heterocycles. The Hall–Kier alpha value is -2.87. The molecule has 2 aliphatic rings. The summed E-state index contributed by atoms with van der Waals surface area (Å²) in [6, 6.07) is 9.73. The molecular formula is C27H35N3O4S. The summed E-state index contributed by atoms with van der Waals surface area (Å²) in [5.74, 6) is -0.334. The summed E-state index contributed by atoms with van der Waals surface area (Å²) >= 11 is 0. The third-order valence-corrected chi connectivity index (χ3v) is 8.73. The van der Waals surface area contributed by atoms with Gasteiger partial charge in [0.15, 0.2) is 0 Å². The normalized spacial score (nSPS) is 18.9. The van der Waals surface area contributed by atoms with Gasteiger partial charge in [-0.05, 0) is 87.4 Å². The molecule has 8 heteroatoms. The van der Waals surface area contributed by atoms with Crippen LogP contribution >= 0.6 is 0 Å². The van der Waals surface area contributed by atoms with Crippen molar-refractivity contribution in [3.63, 3.8) is 0 Å². The maximum absolute atomic E-state index is 13.3. The molecule has 0 unspecified atom stereocenters. The second kappa shape index (κ2) is 10.4. The van der Waals surface area contributed by atoms with Crippen LogP contribution in [0.4, 0.5) is 5.69 Å². The van der Waals surface area contributed by atoms with Crippen molar-refractivity contribution >= 4 is 27.5 Å². The number of amides is 2. The quantitative estimate of drug-likeness (QED) is 0.616. The Balaban J connectivity index is 1.49. The van der Waals surface area contributed by atoms with Crippen LogP contribution in [0.15, 0.2) is 41.3 Å². The number of likely N-dealkylation sites (tertiary alicyclic amines) is 1. The van der Waals surface area contributed by atoms with Crippen molar-refractivity contribution in [2.24, 2.45) is 0 Å². The van der Waals surface area contributed by atoms with E-state index in [1.807, 2.05) is 19.9 Å². The topological polar surface area (TPSA) is 95.6 Å². The number of aryl methyl sites for hydroxylation is 3. The molecule has 2 amide bonds. The van der Waals surface area contributed by atoms with Crippen LogP contribution in [0.25, 0.3) is 0 Å². The zero-order valence-corrected chi connectivity index (χ0v) is 21.6. The minimum absolute atomic E-state index is 0.0789. The molecule has 1 saturated heterocycles. The van der Waals surface area contributed by atoms with E-state index in [4.69, 9.17) is 0 Å². The van der Waals surface area contributed by atoms with Gasteiger partial charge in [0.05, 0.1) is 4.90 Å². The van der Waals surface area contributed by atoms with Gasteiger partial charge in [-0.25, -0.2) is 8.42 Å². The average Bonchev–Trinajstić information content (AvgIpc) is 3.31. The van der Waals surface area contributed by atoms with Crippen LogP contribution < -0.4 is 10.0 Å². The molecule has 1 saturated carbocycles. The van der Waals surface area contributed by atoms with Crippen molar-refractivity contribution < 1.29 is 18.0 Å². The summed E-state index contributed by atoms with van der Waals surface area (Å²) in [4.78, 5) is 28.1. The summed E-state index contributed by atoms with van der Waals surface area (Å²) in [6.07, 6.45) is 6.87. The number of carbonyl (C=O) groups is 2. The fourth-order valence-electron chi connectivity index (χ4n) is 5.14. The molecule has 2 aromatic rings. The number of anilines is 1. The van der Waals surface area contributed by atoms with E-state index in [1.165, 1.54) is 6.42 Å². The lowest BCUT2D eigenvalue weighted by Crippen LogP contribution is -2.49. The van der Waals surface area contributed by atoms with E-state index >= 15 is 0 Å². The van der Waals surface area contributed by atoms with Crippen LogP contribution in [0.3, 0.4) is 0 Å². The Labute approximate surface area is 208 Å². The van der Waals surface area contributed by atoms with Crippen LogP contribution in [0, 0.1) is 20.8 Å². The number of sulfonamides is 1. The second-order valence-corrected chi connectivity index (χ2v) is 11.5. The summed E-state index contributed by atoms with van der Waals surface area (Å²) in [5.41, 5.74) is 3.26. The van der Waals surface area contributed by atoms with Crippen LogP contribution in [-0.4, -0.2) is 43.8 Å². The maximum atomic E-state index is 13.3. The first-order valence-corrected chi connectivity index (χ1v) is 14.0. The third-order valence-electron chi connectivity index (χ3n) is 7.21. The summed E-state index contributed by atoms with van der Waals surface area (Å²) in [6.45, 7) is 6.11. The molecule has 1 aliphatic carbocycles. The third kappa shape index (κ3) is 5.69. The standard InChI is InChI=1S/C27H35N3O4S/c1-18-15-20(3)25(16-19(18)2)35(33,34)29-23-12-7-9-21(17-23)27(32)30-14-8-13-24(30)26(31)28-22-10-5-4-6-11-22/h7,9,12,15-17,22,24,29H,4-6,8,10-11,13-14H2,1-3H3,(H,28,31)/t24-/m0/s1. The molecule has 1 atom stereocenters. The molecule has 1 aliphatic heterocycles. The molecule has 0 aromatic heterocycles. The summed E-state index contributed by atoms with van der Waals surface area (Å²) in [7, 11) is -3.82. The van der Waals surface area contributed by atoms with Gasteiger partial charge in [0.2, 0.25) is 5.91 Å². The van der Waals surface area contributed by atoms with Gasteiger partial charge in [0, 0.05) is 23.8 Å². The van der Waals surface area contributed by atoms with Crippen LogP contribution in [0.2, 0.25) is 0 Å². The fraction of sp³-hybridized carbons (Fsp3) is 0.481. The number of nitrogens with zero attached hydrogens (tertiary/aromatic N) is 1. The lowest BCUT2D eigenvalue weighted by Gasteiger charge is -2.28. The number of hydrogen-bond donors (Lipinski definition) is 2. The highest BCUT2D eigenvalue weighted by Crippen LogP contribution is 2.26. The smallest absolute Gasteiger partial charge is 0.262 e. The Bertz CT molecular complexity index is 1220. The molecule has 0 bridgehead atoms. The van der Waals surface area contributed by atoms with Gasteiger partial charge < -0.3 is 10.2 Å². The molecule has 2 N–H and O–H groups in total. The number of benzene rings is 2. The van der Waals surface area contributed by atoms with E-state index in [9.17, 15) is 18.0 Å². The van der Waals surface area contributed by atoms with Gasteiger partial charge in [-0.15, -0.1) is 0 Å². The minimum atomic E-state index is -3.82. The van der Waals surface area contributed by atoms with Crippen molar-refractivity contribution in [1.29, 1.82) is 0 Å². The van der Waals surface area contributed by atoms with E-state index in [0.29, 0.717) is 29.8 Å². The van der Waals surface area contributed by atoms with E-state index in [-0.39, 0.29) is 22.8 Å². The van der Waals surface area contributed by atoms with Crippen molar-refractivity contribution in [2.45, 2.75) is 82.7 Å². The molecular weight excluding hydrogens is 462 g/mol. The monoisotopic (exact) mass is 497 g/mol. The van der Waals surface area contributed by atoms with Gasteiger partial charge in [-0.3, -0.25) is 14.3 Å². The number of nitrogens with one attached hydrogen (secondary N) is 2. The highest BCUT2D eigenvalue weighted by Gasteiger charge is 2.35. The SMILES string of the molecule is Cc1cc(C)c(S(=O)(=O)Nc2cccc(C(=O)N3CCC[C@H]3C(=O)NC3CCCCC3)c2)cc1C. The number of hydrogen-bond acceptors (Lipinski definition) is 4. The molecule has 35 heavy (non-hydrogen) atoms. The van der Waals surface area contributed by atoms with E-state index in [1.54, 1.807) is 42.2 Å². The first-order chi connectivity index (χ1) is 16.7. The highest BCUT2D eigenvalue weighted by atomic mass is 32.2. The Morgan fingerprint density at radius 2 is 1.60 bits per heavy atom. The molecule has 7 nitrogen and oxygen atoms in total. The predicted molar refractivity (Wildman–Crippen MR) is 137 cm³/mol. The number of rotatable bonds is 6. The van der Waals surface area contributed by atoms with E-state index < -0.39 is 16.1 Å². The molecule has 0 spiro atoms. The largest absolute Gasteiger partial charge is 0.352 e. The molecule has 2 fully saturated rings. The second-order valence-electron chi connectivity index (χ2n) is 9.89. The van der Waals surface area contributed by atoms with Crippen LogP contribution in [-0.2, 0) is 14.8 Å². The van der Waals surface area contributed by atoms with Crippen LogP contribution in [0.5, 0.6) is 0 Å². The average molecular weight is 498 g/mol. The molecule has 0 radical (unpaired) electrons. The summed E-state index contributed by atoms with van der Waals surface area (Å²) < 4.78 is 28.8. The highest BCUT2D eigenvalue weighted by molar-refractivity contribution is 7.92. The first-order valence-electron chi connectivity index (χ1n) is 12.5. The number of carbonyl (C=O) groups excluding carboxylic acids is 2. The molecule has 188 valence electrons. The Morgan fingerprint density at radius 1 is 0.886 bits per heavy atom. The zero-order valence-electron chi connectivity index (χ0n) is 20.8. The first kappa shape index (κ1) is 25.2. The zero-order chi connectivity index (χ0) is 25.2. The summed E-state index contributed by atoms with van der Waals surface area (Å²) in [5, 5.41) is 3.15. The Kier molecular flexibility index (Phi) is 7.50.